The van der Waals surface area contributed by atoms with Crippen molar-refractivity contribution in [2.24, 2.45) is 5.92 Å². The van der Waals surface area contributed by atoms with E-state index in [1.165, 1.54) is 6.42 Å². The zero-order chi connectivity index (χ0) is 17.1. The standard InChI is InChI=1S/C17H19ClN4O2/c1-11-19-20-21-22(11)13-7-8-14(16(18)10-13)15(17(23)24)9-12-5-3-2-4-6-12/h7-10,12H,2-6H2,1H3,(H,23,24)/b15-9+. The Morgan fingerprint density at radius 2 is 2.08 bits per heavy atom. The molecule has 1 aliphatic rings. The van der Waals surface area contributed by atoms with Gasteiger partial charge in [-0.2, -0.15) is 4.68 Å². The highest BCUT2D eigenvalue weighted by Gasteiger charge is 2.19. The molecule has 0 saturated heterocycles. The van der Waals surface area contributed by atoms with Gasteiger partial charge in [0.1, 0.15) is 0 Å². The Bertz CT molecular complexity index is 779. The smallest absolute Gasteiger partial charge is 0.336 e. The van der Waals surface area contributed by atoms with Gasteiger partial charge in [0.25, 0.3) is 0 Å². The third-order valence-corrected chi connectivity index (χ3v) is 4.71. The highest BCUT2D eigenvalue weighted by Crippen LogP contribution is 2.31. The predicted octanol–water partition coefficient (Wildman–Crippen LogP) is 3.67. The molecule has 0 atom stereocenters. The van der Waals surface area contributed by atoms with Crippen LogP contribution in [0.5, 0.6) is 0 Å². The molecule has 1 saturated carbocycles. The Kier molecular flexibility index (Phi) is 4.94. The van der Waals surface area contributed by atoms with Gasteiger partial charge in [0.15, 0.2) is 5.82 Å². The summed E-state index contributed by atoms with van der Waals surface area (Å²) < 4.78 is 1.56. The first-order chi connectivity index (χ1) is 11.6. The average molecular weight is 347 g/mol. The summed E-state index contributed by atoms with van der Waals surface area (Å²) in [5.41, 5.74) is 1.50. The second kappa shape index (κ2) is 7.13. The van der Waals surface area contributed by atoms with Gasteiger partial charge in [-0.3, -0.25) is 0 Å². The number of allylic oxidation sites excluding steroid dienone is 1. The van der Waals surface area contributed by atoms with Crippen LogP contribution in [0.1, 0.15) is 43.5 Å². The highest BCUT2D eigenvalue weighted by molar-refractivity contribution is 6.34. The lowest BCUT2D eigenvalue weighted by molar-refractivity contribution is -0.130. The Balaban J connectivity index is 1.95. The van der Waals surface area contributed by atoms with E-state index in [0.717, 1.165) is 25.7 Å². The van der Waals surface area contributed by atoms with Crippen molar-refractivity contribution < 1.29 is 9.90 Å². The van der Waals surface area contributed by atoms with Crippen molar-refractivity contribution in [1.29, 1.82) is 0 Å². The molecule has 1 heterocycles. The van der Waals surface area contributed by atoms with Crippen molar-refractivity contribution in [3.63, 3.8) is 0 Å². The monoisotopic (exact) mass is 346 g/mol. The van der Waals surface area contributed by atoms with Crippen LogP contribution in [0.25, 0.3) is 11.3 Å². The van der Waals surface area contributed by atoms with Gasteiger partial charge < -0.3 is 5.11 Å². The quantitative estimate of drug-likeness (QED) is 0.854. The lowest BCUT2D eigenvalue weighted by atomic mass is 9.87. The van der Waals surface area contributed by atoms with E-state index in [1.54, 1.807) is 29.8 Å². The van der Waals surface area contributed by atoms with Crippen molar-refractivity contribution in [3.05, 3.63) is 40.7 Å². The molecule has 1 aromatic carbocycles. The number of aryl methyl sites for hydroxylation is 1. The molecule has 1 fully saturated rings. The fourth-order valence-corrected chi connectivity index (χ4v) is 3.41. The molecule has 1 N–H and O–H groups in total. The lowest BCUT2D eigenvalue weighted by Crippen LogP contribution is -2.08. The maximum absolute atomic E-state index is 11.7. The Labute approximate surface area is 145 Å². The molecule has 3 rings (SSSR count). The first-order valence-electron chi connectivity index (χ1n) is 8.06. The average Bonchev–Trinajstić information content (AvgIpc) is 3.00. The molecule has 7 heteroatoms. The van der Waals surface area contributed by atoms with Crippen LogP contribution in [-0.4, -0.2) is 31.3 Å². The number of halogens is 1. The molecule has 0 bridgehead atoms. The zero-order valence-corrected chi connectivity index (χ0v) is 14.2. The number of carbonyl (C=O) groups is 1. The summed E-state index contributed by atoms with van der Waals surface area (Å²) in [6.07, 6.45) is 7.48. The number of nitrogens with zero attached hydrogens (tertiary/aromatic N) is 4. The minimum absolute atomic E-state index is 0.270. The van der Waals surface area contributed by atoms with Gasteiger partial charge in [-0.05, 0) is 48.2 Å². The Morgan fingerprint density at radius 1 is 1.33 bits per heavy atom. The summed E-state index contributed by atoms with van der Waals surface area (Å²) >= 11 is 6.37. The first kappa shape index (κ1) is 16.6. The molecular weight excluding hydrogens is 328 g/mol. The van der Waals surface area contributed by atoms with Crippen molar-refractivity contribution in [3.8, 4) is 5.69 Å². The summed E-state index contributed by atoms with van der Waals surface area (Å²) in [6, 6.07) is 5.20. The molecule has 0 radical (unpaired) electrons. The molecule has 0 unspecified atom stereocenters. The van der Waals surface area contributed by atoms with E-state index in [-0.39, 0.29) is 5.57 Å². The minimum Gasteiger partial charge on any atom is -0.478 e. The molecule has 1 aromatic heterocycles. The summed E-state index contributed by atoms with van der Waals surface area (Å²) in [5.74, 6) is -0.00815. The number of carboxylic acids is 1. The van der Waals surface area contributed by atoms with E-state index in [4.69, 9.17) is 11.6 Å². The third kappa shape index (κ3) is 3.48. The van der Waals surface area contributed by atoms with Gasteiger partial charge >= 0.3 is 5.97 Å². The van der Waals surface area contributed by atoms with Crippen LogP contribution < -0.4 is 0 Å². The number of hydrogen-bond acceptors (Lipinski definition) is 4. The number of hydrogen-bond donors (Lipinski definition) is 1. The van der Waals surface area contributed by atoms with Crippen molar-refractivity contribution in [1.82, 2.24) is 20.2 Å². The molecule has 2 aromatic rings. The van der Waals surface area contributed by atoms with Gasteiger partial charge in [-0.25, -0.2) is 4.79 Å². The maximum atomic E-state index is 11.7. The van der Waals surface area contributed by atoms with Crippen LogP contribution in [0.15, 0.2) is 24.3 Å². The molecular formula is C17H19ClN4O2. The summed E-state index contributed by atoms with van der Waals surface area (Å²) in [4.78, 5) is 11.7. The van der Waals surface area contributed by atoms with Crippen molar-refractivity contribution in [2.75, 3.05) is 0 Å². The summed E-state index contributed by atoms with van der Waals surface area (Å²) in [6.45, 7) is 1.79. The highest BCUT2D eigenvalue weighted by atomic mass is 35.5. The van der Waals surface area contributed by atoms with Crippen molar-refractivity contribution in [2.45, 2.75) is 39.0 Å². The first-order valence-corrected chi connectivity index (χ1v) is 8.44. The maximum Gasteiger partial charge on any atom is 0.336 e. The minimum atomic E-state index is -0.950. The van der Waals surface area contributed by atoms with E-state index < -0.39 is 5.97 Å². The fourth-order valence-electron chi connectivity index (χ4n) is 3.14. The van der Waals surface area contributed by atoms with E-state index >= 15 is 0 Å². The summed E-state index contributed by atoms with van der Waals surface area (Å²) in [5, 5.41) is 21.3. The van der Waals surface area contributed by atoms with E-state index in [2.05, 4.69) is 15.5 Å². The molecule has 6 nitrogen and oxygen atoms in total. The topological polar surface area (TPSA) is 80.9 Å². The lowest BCUT2D eigenvalue weighted by Gasteiger charge is -2.19. The number of carboxylic acid groups (broad SMARTS) is 1. The van der Waals surface area contributed by atoms with Crippen LogP contribution in [0.2, 0.25) is 5.02 Å². The molecule has 0 amide bonds. The van der Waals surface area contributed by atoms with E-state index in [9.17, 15) is 9.90 Å². The largest absolute Gasteiger partial charge is 0.478 e. The number of rotatable bonds is 4. The van der Waals surface area contributed by atoms with Crippen LogP contribution in [-0.2, 0) is 4.79 Å². The molecule has 126 valence electrons. The van der Waals surface area contributed by atoms with Crippen LogP contribution >= 0.6 is 11.6 Å². The van der Waals surface area contributed by atoms with E-state index in [1.807, 2.05) is 6.08 Å². The Morgan fingerprint density at radius 3 is 2.67 bits per heavy atom. The molecule has 1 aliphatic carbocycles. The molecule has 0 aliphatic heterocycles. The number of benzene rings is 1. The predicted molar refractivity (Wildman–Crippen MR) is 91.1 cm³/mol. The zero-order valence-electron chi connectivity index (χ0n) is 13.4. The van der Waals surface area contributed by atoms with Gasteiger partial charge in [0.05, 0.1) is 16.3 Å². The SMILES string of the molecule is Cc1nnnn1-c1ccc(/C(=C\C2CCCCC2)C(=O)O)c(Cl)c1. The van der Waals surface area contributed by atoms with Crippen LogP contribution in [0.4, 0.5) is 0 Å². The van der Waals surface area contributed by atoms with Crippen LogP contribution in [0, 0.1) is 12.8 Å². The third-order valence-electron chi connectivity index (χ3n) is 4.40. The fraction of sp³-hybridized carbons (Fsp3) is 0.412. The number of aromatic nitrogens is 4. The van der Waals surface area contributed by atoms with Crippen LogP contribution in [0.3, 0.4) is 0 Å². The van der Waals surface area contributed by atoms with Gasteiger partial charge in [0, 0.05) is 5.56 Å². The second-order valence-corrected chi connectivity index (χ2v) is 6.49. The second-order valence-electron chi connectivity index (χ2n) is 6.09. The normalized spacial score (nSPS) is 16.3. The van der Waals surface area contributed by atoms with E-state index in [0.29, 0.717) is 28.0 Å². The van der Waals surface area contributed by atoms with Gasteiger partial charge in [0.2, 0.25) is 0 Å². The van der Waals surface area contributed by atoms with Crippen molar-refractivity contribution >= 4 is 23.1 Å². The number of aliphatic carboxylic acids is 1. The summed E-state index contributed by atoms with van der Waals surface area (Å²) in [7, 11) is 0. The molecule has 24 heavy (non-hydrogen) atoms. The molecule has 0 spiro atoms. The Hall–Kier alpha value is -2.21. The van der Waals surface area contributed by atoms with Gasteiger partial charge in [-0.15, -0.1) is 5.10 Å². The van der Waals surface area contributed by atoms with Gasteiger partial charge in [-0.1, -0.05) is 43.0 Å². The number of tetrazole rings is 1.